The van der Waals surface area contributed by atoms with Gasteiger partial charge in [-0.05, 0) is 56.2 Å². The highest BCUT2D eigenvalue weighted by molar-refractivity contribution is 5.83. The zero-order valence-electron chi connectivity index (χ0n) is 12.1. The molecule has 1 aliphatic carbocycles. The normalized spacial score (nSPS) is 14.3. The quantitative estimate of drug-likeness (QED) is 0.900. The molecule has 0 saturated heterocycles. The average molecular weight is 261 g/mol. The van der Waals surface area contributed by atoms with Gasteiger partial charge in [-0.25, -0.2) is 0 Å². The Morgan fingerprint density at radius 1 is 1.32 bits per heavy atom. The highest BCUT2D eigenvalue weighted by Gasteiger charge is 2.26. The third kappa shape index (κ3) is 3.35. The first kappa shape index (κ1) is 14.1. The fourth-order valence-electron chi connectivity index (χ4n) is 2.65. The summed E-state index contributed by atoms with van der Waals surface area (Å²) >= 11 is 0. The van der Waals surface area contributed by atoms with Crippen LogP contribution in [0.5, 0.6) is 0 Å². The van der Waals surface area contributed by atoms with Gasteiger partial charge in [-0.3, -0.25) is 4.79 Å². The standard InChI is InChI=1S/C16H23NO2/c1-16(2,19)15(18)17(3)10-9-12-7-8-13-5-4-6-14(13)11-12/h7-8,11,19H,4-6,9-10H2,1-3H3. The molecule has 0 spiro atoms. The molecule has 104 valence electrons. The first-order chi connectivity index (χ1) is 8.88. The van der Waals surface area contributed by atoms with Gasteiger partial charge in [0.15, 0.2) is 0 Å². The Hall–Kier alpha value is -1.35. The molecular formula is C16H23NO2. The molecular weight excluding hydrogens is 238 g/mol. The van der Waals surface area contributed by atoms with Crippen molar-refractivity contribution in [3.05, 3.63) is 34.9 Å². The van der Waals surface area contributed by atoms with Crippen molar-refractivity contribution in [2.75, 3.05) is 13.6 Å². The number of carbonyl (C=O) groups excluding carboxylic acids is 1. The number of fused-ring (bicyclic) bond motifs is 1. The van der Waals surface area contributed by atoms with E-state index in [-0.39, 0.29) is 5.91 Å². The van der Waals surface area contributed by atoms with Crippen molar-refractivity contribution in [3.8, 4) is 0 Å². The predicted molar refractivity (Wildman–Crippen MR) is 76.1 cm³/mol. The van der Waals surface area contributed by atoms with E-state index in [9.17, 15) is 9.90 Å². The number of amides is 1. The van der Waals surface area contributed by atoms with Gasteiger partial charge < -0.3 is 10.0 Å². The molecule has 0 aliphatic heterocycles. The van der Waals surface area contributed by atoms with E-state index in [1.807, 2.05) is 0 Å². The van der Waals surface area contributed by atoms with Crippen LogP contribution in [-0.2, 0) is 24.1 Å². The van der Waals surface area contributed by atoms with Gasteiger partial charge in [0.2, 0.25) is 0 Å². The van der Waals surface area contributed by atoms with Gasteiger partial charge in [-0.15, -0.1) is 0 Å². The summed E-state index contributed by atoms with van der Waals surface area (Å²) in [7, 11) is 1.74. The van der Waals surface area contributed by atoms with Gasteiger partial charge in [0, 0.05) is 13.6 Å². The fraction of sp³-hybridized carbons (Fsp3) is 0.562. The van der Waals surface area contributed by atoms with Crippen molar-refractivity contribution in [2.24, 2.45) is 0 Å². The summed E-state index contributed by atoms with van der Waals surface area (Å²) in [5.74, 6) is -0.228. The summed E-state index contributed by atoms with van der Waals surface area (Å²) in [5, 5.41) is 9.69. The molecule has 1 N–H and O–H groups in total. The minimum absolute atomic E-state index is 0.228. The van der Waals surface area contributed by atoms with E-state index in [2.05, 4.69) is 18.2 Å². The van der Waals surface area contributed by atoms with Crippen molar-refractivity contribution >= 4 is 5.91 Å². The number of hydrogen-bond acceptors (Lipinski definition) is 2. The molecule has 0 bridgehead atoms. The fourth-order valence-corrected chi connectivity index (χ4v) is 2.65. The van der Waals surface area contributed by atoms with E-state index >= 15 is 0 Å². The third-order valence-electron chi connectivity index (χ3n) is 3.77. The molecule has 1 aromatic carbocycles. The van der Waals surface area contributed by atoms with E-state index < -0.39 is 5.60 Å². The Labute approximate surface area is 115 Å². The lowest BCUT2D eigenvalue weighted by Crippen LogP contribution is -2.43. The van der Waals surface area contributed by atoms with Crippen molar-refractivity contribution in [1.29, 1.82) is 0 Å². The topological polar surface area (TPSA) is 40.5 Å². The molecule has 0 unspecified atom stereocenters. The van der Waals surface area contributed by atoms with Gasteiger partial charge in [0.1, 0.15) is 5.60 Å². The Balaban J connectivity index is 1.94. The smallest absolute Gasteiger partial charge is 0.253 e. The number of likely N-dealkylation sites (N-methyl/N-ethyl adjacent to an activating group) is 1. The maximum Gasteiger partial charge on any atom is 0.253 e. The molecule has 1 aromatic rings. The Kier molecular flexibility index (Phi) is 3.95. The largest absolute Gasteiger partial charge is 0.381 e. The molecule has 0 aromatic heterocycles. The molecule has 1 amide bonds. The summed E-state index contributed by atoms with van der Waals surface area (Å²) < 4.78 is 0. The van der Waals surface area contributed by atoms with Crippen LogP contribution in [0, 0.1) is 0 Å². The molecule has 0 fully saturated rings. The second kappa shape index (κ2) is 5.33. The van der Waals surface area contributed by atoms with Gasteiger partial charge >= 0.3 is 0 Å². The van der Waals surface area contributed by atoms with Gasteiger partial charge in [0.05, 0.1) is 0 Å². The monoisotopic (exact) mass is 261 g/mol. The molecule has 0 atom stereocenters. The van der Waals surface area contributed by atoms with Crippen molar-refractivity contribution in [3.63, 3.8) is 0 Å². The zero-order chi connectivity index (χ0) is 14.0. The number of hydrogen-bond donors (Lipinski definition) is 1. The Bertz CT molecular complexity index is 474. The second-order valence-electron chi connectivity index (χ2n) is 5.99. The average Bonchev–Trinajstić information content (AvgIpc) is 2.81. The van der Waals surface area contributed by atoms with Crippen molar-refractivity contribution in [2.45, 2.75) is 45.1 Å². The number of benzene rings is 1. The third-order valence-corrected chi connectivity index (χ3v) is 3.77. The Morgan fingerprint density at radius 2 is 2.00 bits per heavy atom. The van der Waals surface area contributed by atoms with Crippen LogP contribution < -0.4 is 0 Å². The highest BCUT2D eigenvalue weighted by Crippen LogP contribution is 2.23. The second-order valence-corrected chi connectivity index (χ2v) is 5.99. The lowest BCUT2D eigenvalue weighted by atomic mass is 10.0. The number of rotatable bonds is 4. The molecule has 3 heteroatoms. The van der Waals surface area contributed by atoms with Crippen LogP contribution in [-0.4, -0.2) is 35.1 Å². The summed E-state index contributed by atoms with van der Waals surface area (Å²) in [5.41, 5.74) is 2.93. The summed E-state index contributed by atoms with van der Waals surface area (Å²) in [6, 6.07) is 6.65. The molecule has 0 radical (unpaired) electrons. The highest BCUT2D eigenvalue weighted by atomic mass is 16.3. The van der Waals surface area contributed by atoms with Crippen LogP contribution in [0.4, 0.5) is 0 Å². The number of carbonyl (C=O) groups is 1. The SMILES string of the molecule is CN(CCc1ccc2c(c1)CCC2)C(=O)C(C)(C)O. The summed E-state index contributed by atoms with van der Waals surface area (Å²) in [6.45, 7) is 3.70. The van der Waals surface area contributed by atoms with Crippen molar-refractivity contribution < 1.29 is 9.90 Å². The first-order valence-electron chi connectivity index (χ1n) is 6.96. The van der Waals surface area contributed by atoms with Crippen LogP contribution in [0.1, 0.15) is 37.0 Å². The maximum atomic E-state index is 11.8. The predicted octanol–water partition coefficient (Wildman–Crippen LogP) is 1.95. The lowest BCUT2D eigenvalue weighted by Gasteiger charge is -2.25. The van der Waals surface area contributed by atoms with E-state index in [1.165, 1.54) is 49.8 Å². The van der Waals surface area contributed by atoms with E-state index in [1.54, 1.807) is 11.9 Å². The molecule has 3 nitrogen and oxygen atoms in total. The first-order valence-corrected chi connectivity index (χ1v) is 6.96. The van der Waals surface area contributed by atoms with E-state index in [4.69, 9.17) is 0 Å². The molecule has 19 heavy (non-hydrogen) atoms. The van der Waals surface area contributed by atoms with Crippen LogP contribution >= 0.6 is 0 Å². The molecule has 2 rings (SSSR count). The molecule has 0 heterocycles. The molecule has 1 aliphatic rings. The van der Waals surface area contributed by atoms with Gasteiger partial charge in [-0.2, -0.15) is 0 Å². The Morgan fingerprint density at radius 3 is 2.68 bits per heavy atom. The maximum absolute atomic E-state index is 11.8. The van der Waals surface area contributed by atoms with Gasteiger partial charge in [0.25, 0.3) is 5.91 Å². The number of aliphatic hydroxyl groups is 1. The van der Waals surface area contributed by atoms with E-state index in [0.29, 0.717) is 6.54 Å². The van der Waals surface area contributed by atoms with Gasteiger partial charge in [-0.1, -0.05) is 18.2 Å². The van der Waals surface area contributed by atoms with Crippen LogP contribution in [0.25, 0.3) is 0 Å². The number of nitrogens with zero attached hydrogens (tertiary/aromatic N) is 1. The minimum atomic E-state index is -1.29. The zero-order valence-corrected chi connectivity index (χ0v) is 12.1. The minimum Gasteiger partial charge on any atom is -0.381 e. The number of aryl methyl sites for hydroxylation is 2. The summed E-state index contributed by atoms with van der Waals surface area (Å²) in [6.07, 6.45) is 4.48. The van der Waals surface area contributed by atoms with Crippen LogP contribution in [0.15, 0.2) is 18.2 Å². The van der Waals surface area contributed by atoms with Crippen LogP contribution in [0.2, 0.25) is 0 Å². The van der Waals surface area contributed by atoms with Crippen molar-refractivity contribution in [1.82, 2.24) is 4.90 Å². The van der Waals surface area contributed by atoms with E-state index in [0.717, 1.165) is 6.42 Å². The summed E-state index contributed by atoms with van der Waals surface area (Å²) in [4.78, 5) is 13.5. The molecule has 0 saturated carbocycles. The van der Waals surface area contributed by atoms with Crippen LogP contribution in [0.3, 0.4) is 0 Å². The lowest BCUT2D eigenvalue weighted by molar-refractivity contribution is -0.146.